The molecule has 0 spiro atoms. The van der Waals surface area contributed by atoms with Crippen LogP contribution in [-0.2, 0) is 0 Å². The first-order chi connectivity index (χ1) is 8.35. The second kappa shape index (κ2) is 5.58. The van der Waals surface area contributed by atoms with E-state index in [4.69, 9.17) is 0 Å². The van der Waals surface area contributed by atoms with E-state index in [0.717, 1.165) is 6.54 Å². The van der Waals surface area contributed by atoms with Gasteiger partial charge in [0, 0.05) is 17.4 Å². The summed E-state index contributed by atoms with van der Waals surface area (Å²) >= 11 is 0. The zero-order chi connectivity index (χ0) is 12.1. The first-order valence-electron chi connectivity index (χ1n) is 6.19. The van der Waals surface area contributed by atoms with Crippen LogP contribution in [0.4, 0.5) is 5.69 Å². The van der Waals surface area contributed by atoms with Crippen molar-refractivity contribution in [1.29, 1.82) is 0 Å². The van der Waals surface area contributed by atoms with Gasteiger partial charge in [-0.1, -0.05) is 30.9 Å². The summed E-state index contributed by atoms with van der Waals surface area (Å²) in [6.45, 7) is 6.70. The number of hydrogen-bond acceptors (Lipinski definition) is 2. The molecule has 0 aliphatic heterocycles. The third-order valence-electron chi connectivity index (χ3n) is 3.05. The summed E-state index contributed by atoms with van der Waals surface area (Å²) in [6, 6.07) is 11.3. The smallest absolute Gasteiger partial charge is 0.0579 e. The molecule has 0 atom stereocenters. The molecule has 1 N–H and O–H groups in total. The van der Waals surface area contributed by atoms with Crippen molar-refractivity contribution in [2.45, 2.75) is 25.8 Å². The summed E-state index contributed by atoms with van der Waals surface area (Å²) < 4.78 is 0. The van der Waals surface area contributed by atoms with Gasteiger partial charge in [-0.2, -0.15) is 0 Å². The molecule has 0 aromatic heterocycles. The maximum absolute atomic E-state index is 3.72. The first kappa shape index (κ1) is 11.8. The van der Waals surface area contributed by atoms with Crippen LogP contribution >= 0.6 is 0 Å². The number of hydrogen-bond donors (Lipinski definition) is 1. The lowest BCUT2D eigenvalue weighted by Gasteiger charge is -2.26. The standard InChI is InChI=1S/C15H20N2/c1-3-13(16-4-2)12-17(15-10-11-15)14-8-6-5-7-9-14/h3-9,15-16H,2,10-12H2,1H3/b13-3-. The van der Waals surface area contributed by atoms with Crippen LogP contribution in [0.3, 0.4) is 0 Å². The highest BCUT2D eigenvalue weighted by Crippen LogP contribution is 2.31. The molecule has 0 radical (unpaired) electrons. The third kappa shape index (κ3) is 3.13. The fourth-order valence-corrected chi connectivity index (χ4v) is 1.97. The fourth-order valence-electron chi connectivity index (χ4n) is 1.97. The summed E-state index contributed by atoms with van der Waals surface area (Å²) in [6.07, 6.45) is 6.46. The van der Waals surface area contributed by atoms with E-state index in [0.29, 0.717) is 6.04 Å². The Hall–Kier alpha value is -1.70. The van der Waals surface area contributed by atoms with Gasteiger partial charge in [0.25, 0.3) is 0 Å². The number of rotatable bonds is 6. The highest BCUT2D eigenvalue weighted by atomic mass is 15.2. The molecule has 1 saturated carbocycles. The van der Waals surface area contributed by atoms with E-state index in [1.807, 2.05) is 0 Å². The summed E-state index contributed by atoms with van der Waals surface area (Å²) in [4.78, 5) is 2.46. The number of nitrogens with one attached hydrogen (secondary N) is 1. The molecule has 0 bridgehead atoms. The lowest BCUT2D eigenvalue weighted by molar-refractivity contribution is 0.805. The Morgan fingerprint density at radius 2 is 2.12 bits per heavy atom. The average molecular weight is 228 g/mol. The van der Waals surface area contributed by atoms with Crippen LogP contribution < -0.4 is 10.2 Å². The van der Waals surface area contributed by atoms with E-state index in [2.05, 4.69) is 60.1 Å². The minimum absolute atomic E-state index is 0.707. The number of para-hydroxylation sites is 1. The molecule has 2 rings (SSSR count). The van der Waals surface area contributed by atoms with Gasteiger partial charge >= 0.3 is 0 Å². The number of allylic oxidation sites excluding steroid dienone is 1. The third-order valence-corrected chi connectivity index (χ3v) is 3.05. The van der Waals surface area contributed by atoms with Crippen LogP contribution in [0, 0.1) is 0 Å². The van der Waals surface area contributed by atoms with Gasteiger partial charge in [-0.3, -0.25) is 0 Å². The molecular weight excluding hydrogens is 208 g/mol. The topological polar surface area (TPSA) is 15.3 Å². The maximum atomic E-state index is 3.72. The van der Waals surface area contributed by atoms with Crippen molar-refractivity contribution in [1.82, 2.24) is 5.32 Å². The largest absolute Gasteiger partial charge is 0.364 e. The Bertz CT molecular complexity index is 391. The molecule has 1 aliphatic rings. The molecule has 90 valence electrons. The molecule has 1 aromatic carbocycles. The fraction of sp³-hybridized carbons (Fsp3) is 0.333. The van der Waals surface area contributed by atoms with Crippen molar-refractivity contribution in [3.63, 3.8) is 0 Å². The Morgan fingerprint density at radius 3 is 2.65 bits per heavy atom. The summed E-state index contributed by atoms with van der Waals surface area (Å²) in [5, 5.41) is 3.20. The quantitative estimate of drug-likeness (QED) is 0.803. The summed E-state index contributed by atoms with van der Waals surface area (Å²) in [5.74, 6) is 0. The van der Waals surface area contributed by atoms with Crippen molar-refractivity contribution in [2.24, 2.45) is 0 Å². The van der Waals surface area contributed by atoms with Crippen molar-refractivity contribution in [3.8, 4) is 0 Å². The lowest BCUT2D eigenvalue weighted by atomic mass is 10.2. The minimum atomic E-state index is 0.707. The highest BCUT2D eigenvalue weighted by molar-refractivity contribution is 5.49. The summed E-state index contributed by atoms with van der Waals surface area (Å²) in [5.41, 5.74) is 2.51. The number of anilines is 1. The molecular formula is C15H20N2. The Balaban J connectivity index is 2.10. The molecule has 0 unspecified atom stereocenters. The van der Waals surface area contributed by atoms with E-state index in [1.165, 1.54) is 24.2 Å². The second-order valence-corrected chi connectivity index (χ2v) is 4.36. The van der Waals surface area contributed by atoms with Gasteiger partial charge < -0.3 is 10.2 Å². The van der Waals surface area contributed by atoms with Gasteiger partial charge in [0.15, 0.2) is 0 Å². The van der Waals surface area contributed by atoms with E-state index >= 15 is 0 Å². The summed E-state index contributed by atoms with van der Waals surface area (Å²) in [7, 11) is 0. The SMILES string of the molecule is C=CN/C(=C\C)CN(c1ccccc1)C1CC1. The lowest BCUT2D eigenvalue weighted by Crippen LogP contribution is -2.30. The predicted molar refractivity (Wildman–Crippen MR) is 73.9 cm³/mol. The first-order valence-corrected chi connectivity index (χ1v) is 6.19. The zero-order valence-corrected chi connectivity index (χ0v) is 10.4. The highest BCUT2D eigenvalue weighted by Gasteiger charge is 2.29. The monoisotopic (exact) mass is 228 g/mol. The Labute approximate surface area is 104 Å². The molecule has 17 heavy (non-hydrogen) atoms. The number of nitrogens with zero attached hydrogens (tertiary/aromatic N) is 1. The van der Waals surface area contributed by atoms with Crippen LogP contribution in [0.15, 0.2) is 54.9 Å². The Morgan fingerprint density at radius 1 is 1.41 bits per heavy atom. The molecule has 1 aliphatic carbocycles. The van der Waals surface area contributed by atoms with Crippen LogP contribution in [0.1, 0.15) is 19.8 Å². The molecule has 0 saturated heterocycles. The van der Waals surface area contributed by atoms with Crippen molar-refractivity contribution >= 4 is 5.69 Å². The van der Waals surface area contributed by atoms with Gasteiger partial charge in [0.05, 0.1) is 6.54 Å². The molecule has 2 nitrogen and oxygen atoms in total. The van der Waals surface area contributed by atoms with Crippen LogP contribution in [-0.4, -0.2) is 12.6 Å². The normalized spacial score (nSPS) is 15.5. The second-order valence-electron chi connectivity index (χ2n) is 4.36. The maximum Gasteiger partial charge on any atom is 0.0579 e. The van der Waals surface area contributed by atoms with E-state index in [1.54, 1.807) is 6.20 Å². The molecule has 1 aromatic rings. The average Bonchev–Trinajstić information content (AvgIpc) is 3.20. The van der Waals surface area contributed by atoms with E-state index in [9.17, 15) is 0 Å². The number of benzene rings is 1. The Kier molecular flexibility index (Phi) is 3.86. The van der Waals surface area contributed by atoms with Gasteiger partial charge in [0.1, 0.15) is 0 Å². The van der Waals surface area contributed by atoms with Gasteiger partial charge in [-0.15, -0.1) is 0 Å². The predicted octanol–water partition coefficient (Wildman–Crippen LogP) is 3.29. The van der Waals surface area contributed by atoms with Crippen molar-refractivity contribution < 1.29 is 0 Å². The van der Waals surface area contributed by atoms with E-state index < -0.39 is 0 Å². The van der Waals surface area contributed by atoms with Crippen molar-refractivity contribution in [2.75, 3.05) is 11.4 Å². The van der Waals surface area contributed by atoms with Crippen LogP contribution in [0.25, 0.3) is 0 Å². The van der Waals surface area contributed by atoms with Crippen LogP contribution in [0.5, 0.6) is 0 Å². The van der Waals surface area contributed by atoms with E-state index in [-0.39, 0.29) is 0 Å². The molecule has 0 amide bonds. The van der Waals surface area contributed by atoms with Gasteiger partial charge in [-0.05, 0) is 38.1 Å². The molecule has 1 fully saturated rings. The van der Waals surface area contributed by atoms with Gasteiger partial charge in [0.2, 0.25) is 0 Å². The molecule has 0 heterocycles. The van der Waals surface area contributed by atoms with Gasteiger partial charge in [-0.25, -0.2) is 0 Å². The molecule has 2 heteroatoms. The minimum Gasteiger partial charge on any atom is -0.364 e. The van der Waals surface area contributed by atoms with Crippen molar-refractivity contribution in [3.05, 3.63) is 54.9 Å². The zero-order valence-electron chi connectivity index (χ0n) is 10.4. The van der Waals surface area contributed by atoms with Crippen LogP contribution in [0.2, 0.25) is 0 Å².